The molecule has 1 saturated heterocycles. The van der Waals surface area contributed by atoms with Crippen molar-refractivity contribution >= 4 is 21.9 Å². The second kappa shape index (κ2) is 6.72. The molecule has 2 aliphatic rings. The van der Waals surface area contributed by atoms with Crippen LogP contribution in [0.15, 0.2) is 53.5 Å². The van der Waals surface area contributed by atoms with Gasteiger partial charge in [-0.1, -0.05) is 35.9 Å². The molecule has 1 amide bonds. The van der Waals surface area contributed by atoms with Crippen LogP contribution in [0.5, 0.6) is 0 Å². The summed E-state index contributed by atoms with van der Waals surface area (Å²) in [7, 11) is -2.79. The van der Waals surface area contributed by atoms with Crippen LogP contribution in [0.2, 0.25) is 0 Å². The maximum absolute atomic E-state index is 13.3. The third kappa shape index (κ3) is 2.96. The number of carbonyl (C=O) groups excluding carboxylic acids is 2. The molecule has 6 nitrogen and oxygen atoms in total. The van der Waals surface area contributed by atoms with Gasteiger partial charge in [-0.15, -0.1) is 0 Å². The molecule has 0 unspecified atom stereocenters. The van der Waals surface area contributed by atoms with E-state index in [0.717, 1.165) is 9.87 Å². The highest BCUT2D eigenvalue weighted by molar-refractivity contribution is 7.89. The topological polar surface area (TPSA) is 80.8 Å². The lowest BCUT2D eigenvalue weighted by Crippen LogP contribution is -2.51. The smallest absolute Gasteiger partial charge is 0.330 e. The summed E-state index contributed by atoms with van der Waals surface area (Å²) in [5.74, 6) is -1.35. The van der Waals surface area contributed by atoms with Crippen molar-refractivity contribution in [2.24, 2.45) is 5.92 Å². The number of rotatable bonds is 4. The first-order valence-electron chi connectivity index (χ1n) is 8.40. The summed E-state index contributed by atoms with van der Waals surface area (Å²) in [5.41, 5.74) is -0.153. The van der Waals surface area contributed by atoms with Gasteiger partial charge in [0.1, 0.15) is 0 Å². The fourth-order valence-electron chi connectivity index (χ4n) is 3.66. The number of aryl methyl sites for hydroxylation is 1. The average Bonchev–Trinajstić information content (AvgIpc) is 2.92. The van der Waals surface area contributed by atoms with Crippen molar-refractivity contribution in [1.29, 1.82) is 0 Å². The zero-order valence-electron chi connectivity index (χ0n) is 14.7. The highest BCUT2D eigenvalue weighted by Crippen LogP contribution is 2.47. The molecule has 7 heteroatoms. The highest BCUT2D eigenvalue weighted by Gasteiger charge is 2.56. The summed E-state index contributed by atoms with van der Waals surface area (Å²) in [4.78, 5) is 24.4. The Balaban J connectivity index is 2.12. The minimum Gasteiger partial charge on any atom is -0.466 e. The van der Waals surface area contributed by atoms with Crippen LogP contribution in [0.3, 0.4) is 0 Å². The number of methoxy groups -OCH3 is 1. The van der Waals surface area contributed by atoms with E-state index in [2.05, 4.69) is 4.74 Å². The van der Waals surface area contributed by atoms with E-state index in [0.29, 0.717) is 12.8 Å². The third-order valence-corrected chi connectivity index (χ3v) is 6.88. The van der Waals surface area contributed by atoms with Crippen LogP contribution < -0.4 is 0 Å². The minimum atomic E-state index is -4.04. The summed E-state index contributed by atoms with van der Waals surface area (Å²) in [6.07, 6.45) is 7.69. The molecule has 0 N–H and O–H groups in total. The number of nitrogens with zero attached hydrogens (tertiary/aromatic N) is 1. The maximum atomic E-state index is 13.3. The lowest BCUT2D eigenvalue weighted by atomic mass is 9.77. The second-order valence-electron chi connectivity index (χ2n) is 6.60. The van der Waals surface area contributed by atoms with E-state index in [4.69, 9.17) is 0 Å². The molecule has 1 aromatic rings. The summed E-state index contributed by atoms with van der Waals surface area (Å²) in [5, 5.41) is 0. The van der Waals surface area contributed by atoms with Crippen molar-refractivity contribution in [1.82, 2.24) is 4.31 Å². The van der Waals surface area contributed by atoms with Crippen LogP contribution in [0.4, 0.5) is 0 Å². The summed E-state index contributed by atoms with van der Waals surface area (Å²) in [6, 6.07) is 6.40. The van der Waals surface area contributed by atoms with Crippen LogP contribution in [-0.2, 0) is 24.3 Å². The number of sulfonamides is 1. The lowest BCUT2D eigenvalue weighted by Gasteiger charge is -2.40. The van der Waals surface area contributed by atoms with Crippen LogP contribution in [0.1, 0.15) is 24.8 Å². The number of ether oxygens (including phenoxy) is 1. The molecule has 1 fully saturated rings. The molecular formula is C19H21NO5S. The Labute approximate surface area is 153 Å². The number of esters is 1. The Morgan fingerprint density at radius 2 is 2.00 bits per heavy atom. The molecule has 0 spiro atoms. The molecule has 3 rings (SSSR count). The predicted molar refractivity (Wildman–Crippen MR) is 95.6 cm³/mol. The van der Waals surface area contributed by atoms with Crippen molar-refractivity contribution in [2.45, 2.75) is 36.6 Å². The number of carbonyl (C=O) groups is 2. The molecule has 2 atom stereocenters. The molecular weight excluding hydrogens is 354 g/mol. The Kier molecular flexibility index (Phi) is 4.75. The molecule has 0 bridgehead atoms. The fourth-order valence-corrected chi connectivity index (χ4v) is 5.42. The quantitative estimate of drug-likeness (QED) is 0.458. The monoisotopic (exact) mass is 375 g/mol. The first-order valence-corrected chi connectivity index (χ1v) is 9.84. The molecule has 1 aliphatic carbocycles. The number of hydrogen-bond donors (Lipinski definition) is 0. The van der Waals surface area contributed by atoms with E-state index >= 15 is 0 Å². The second-order valence-corrected chi connectivity index (χ2v) is 8.39. The molecule has 1 aromatic carbocycles. The highest BCUT2D eigenvalue weighted by atomic mass is 32.2. The van der Waals surface area contributed by atoms with E-state index in [-0.39, 0.29) is 17.2 Å². The van der Waals surface area contributed by atoms with Gasteiger partial charge in [0, 0.05) is 18.4 Å². The average molecular weight is 375 g/mol. The third-order valence-electron chi connectivity index (χ3n) is 4.99. The van der Waals surface area contributed by atoms with Crippen molar-refractivity contribution in [3.05, 3.63) is 54.1 Å². The van der Waals surface area contributed by atoms with Gasteiger partial charge < -0.3 is 4.74 Å². The standard InChI is InChI=1S/C19H21NO5S/c1-14-6-8-16(9-7-14)26(23,24)20-17(21)13-15-5-3-4-11-19(15,20)12-10-18(22)25-2/h3,5-10,12,15H,4,11,13H2,1-2H3/b12-10-/t15-,19+/m0/s1. The van der Waals surface area contributed by atoms with Gasteiger partial charge in [-0.25, -0.2) is 17.5 Å². The molecule has 1 heterocycles. The number of fused-ring (bicyclic) bond motifs is 1. The van der Waals surface area contributed by atoms with E-state index in [9.17, 15) is 18.0 Å². The Morgan fingerprint density at radius 1 is 1.31 bits per heavy atom. The summed E-state index contributed by atoms with van der Waals surface area (Å²) < 4.78 is 32.1. The Morgan fingerprint density at radius 3 is 2.65 bits per heavy atom. The first-order chi connectivity index (χ1) is 12.3. The van der Waals surface area contributed by atoms with Crippen molar-refractivity contribution < 1.29 is 22.7 Å². The van der Waals surface area contributed by atoms with Gasteiger partial charge in [0.25, 0.3) is 10.0 Å². The molecule has 1 aliphatic heterocycles. The van der Waals surface area contributed by atoms with Crippen molar-refractivity contribution in [2.75, 3.05) is 7.11 Å². The molecule has 138 valence electrons. The number of benzene rings is 1. The van der Waals surface area contributed by atoms with Gasteiger partial charge in [-0.3, -0.25) is 4.79 Å². The Bertz CT molecular complexity index is 885. The molecule has 0 aromatic heterocycles. The van der Waals surface area contributed by atoms with Gasteiger partial charge >= 0.3 is 5.97 Å². The normalized spacial score (nSPS) is 25.5. The van der Waals surface area contributed by atoms with Crippen LogP contribution in [-0.4, -0.2) is 37.2 Å². The van der Waals surface area contributed by atoms with Gasteiger partial charge in [-0.05, 0) is 31.9 Å². The molecule has 26 heavy (non-hydrogen) atoms. The van der Waals surface area contributed by atoms with E-state index < -0.39 is 27.4 Å². The number of hydrogen-bond acceptors (Lipinski definition) is 5. The van der Waals surface area contributed by atoms with Crippen LogP contribution in [0.25, 0.3) is 0 Å². The van der Waals surface area contributed by atoms with Crippen LogP contribution in [0, 0.1) is 12.8 Å². The van der Waals surface area contributed by atoms with E-state index in [1.165, 1.54) is 31.4 Å². The van der Waals surface area contributed by atoms with Gasteiger partial charge in [0.15, 0.2) is 0 Å². The maximum Gasteiger partial charge on any atom is 0.330 e. The summed E-state index contributed by atoms with van der Waals surface area (Å²) in [6.45, 7) is 1.86. The first kappa shape index (κ1) is 18.4. The van der Waals surface area contributed by atoms with Gasteiger partial charge in [-0.2, -0.15) is 0 Å². The predicted octanol–water partition coefficient (Wildman–Crippen LogP) is 2.35. The largest absolute Gasteiger partial charge is 0.466 e. The van der Waals surface area contributed by atoms with Crippen molar-refractivity contribution in [3.63, 3.8) is 0 Å². The zero-order chi connectivity index (χ0) is 18.9. The number of amides is 1. The van der Waals surface area contributed by atoms with Gasteiger partial charge in [0.2, 0.25) is 5.91 Å². The van der Waals surface area contributed by atoms with Crippen molar-refractivity contribution in [3.8, 4) is 0 Å². The minimum absolute atomic E-state index is 0.0671. The van der Waals surface area contributed by atoms with Gasteiger partial charge in [0.05, 0.1) is 17.5 Å². The lowest BCUT2D eigenvalue weighted by molar-refractivity contribution is -0.135. The molecule has 0 radical (unpaired) electrons. The zero-order valence-corrected chi connectivity index (χ0v) is 15.5. The number of allylic oxidation sites excluding steroid dienone is 1. The van der Waals surface area contributed by atoms with Crippen LogP contribution >= 0.6 is 0 Å². The van der Waals surface area contributed by atoms with E-state index in [1.807, 2.05) is 19.1 Å². The summed E-state index contributed by atoms with van der Waals surface area (Å²) >= 11 is 0. The molecule has 0 saturated carbocycles. The Hall–Kier alpha value is -2.41. The fraction of sp³-hybridized carbons (Fsp3) is 0.368. The van der Waals surface area contributed by atoms with E-state index in [1.54, 1.807) is 12.1 Å². The SMILES string of the molecule is COC(=O)/C=C\[C@]12CCC=C[C@H]1CC(=O)N2S(=O)(=O)c1ccc(C)cc1.